The van der Waals surface area contributed by atoms with E-state index in [1.807, 2.05) is 0 Å². The van der Waals surface area contributed by atoms with Gasteiger partial charge in [0.05, 0.1) is 22.6 Å². The first-order valence-electron chi connectivity index (χ1n) is 6.67. The third kappa shape index (κ3) is 4.16. The number of hydrogen-bond acceptors (Lipinski definition) is 5. The molecule has 7 heteroatoms. The molecular weight excluding hydrogens is 274 g/mol. The number of primary amides is 1. The predicted octanol–water partition coefficient (Wildman–Crippen LogP) is 1.53. The maximum Gasteiger partial charge on any atom is 0.276 e. The molecule has 1 amide bonds. The van der Waals surface area contributed by atoms with Gasteiger partial charge < -0.3 is 15.8 Å². The molecule has 1 atom stereocenters. The van der Waals surface area contributed by atoms with Gasteiger partial charge in [0.2, 0.25) is 5.91 Å². The highest BCUT2D eigenvalue weighted by Crippen LogP contribution is 2.27. The van der Waals surface area contributed by atoms with Crippen molar-refractivity contribution in [3.05, 3.63) is 33.9 Å². The molecule has 0 aliphatic rings. The van der Waals surface area contributed by atoms with Gasteiger partial charge in [-0.3, -0.25) is 14.9 Å². The van der Waals surface area contributed by atoms with E-state index in [0.717, 1.165) is 0 Å². The molecule has 0 spiro atoms. The van der Waals surface area contributed by atoms with Gasteiger partial charge in [0.15, 0.2) is 0 Å². The first-order chi connectivity index (χ1) is 9.81. The summed E-state index contributed by atoms with van der Waals surface area (Å²) in [5.74, 6) is 0.0611. The summed E-state index contributed by atoms with van der Waals surface area (Å²) in [7, 11) is 1.68. The zero-order chi connectivity index (χ0) is 16.0. The molecule has 0 radical (unpaired) electrons. The number of nitrogens with two attached hydrogens (primary N) is 1. The molecule has 1 rings (SSSR count). The summed E-state index contributed by atoms with van der Waals surface area (Å²) in [6.45, 7) is 3.73. The van der Waals surface area contributed by atoms with Gasteiger partial charge in [0, 0.05) is 6.07 Å². The zero-order valence-electron chi connectivity index (χ0n) is 12.5. The molecule has 21 heavy (non-hydrogen) atoms. The van der Waals surface area contributed by atoms with Gasteiger partial charge in [0.25, 0.3) is 5.69 Å². The second-order valence-electron chi connectivity index (χ2n) is 5.06. The number of rotatable bonds is 8. The number of amides is 1. The van der Waals surface area contributed by atoms with E-state index in [-0.39, 0.29) is 5.69 Å². The Morgan fingerprint density at radius 3 is 2.71 bits per heavy atom. The molecule has 0 fully saturated rings. The molecule has 3 N–H and O–H groups in total. The number of nitro benzene ring substituents is 1. The van der Waals surface area contributed by atoms with E-state index in [1.54, 1.807) is 33.0 Å². The maximum absolute atomic E-state index is 11.3. The Balaban J connectivity index is 2.60. The van der Waals surface area contributed by atoms with Gasteiger partial charge in [0.1, 0.15) is 5.75 Å². The number of ether oxygens (including phenoxy) is 1. The van der Waals surface area contributed by atoms with Crippen molar-refractivity contribution in [3.8, 4) is 5.75 Å². The van der Waals surface area contributed by atoms with E-state index in [9.17, 15) is 14.9 Å². The Morgan fingerprint density at radius 2 is 2.19 bits per heavy atom. The van der Waals surface area contributed by atoms with Crippen LogP contribution >= 0.6 is 0 Å². The lowest BCUT2D eigenvalue weighted by Gasteiger charge is -2.25. The van der Waals surface area contributed by atoms with E-state index < -0.39 is 16.4 Å². The summed E-state index contributed by atoms with van der Waals surface area (Å²) < 4.78 is 5.56. The van der Waals surface area contributed by atoms with Gasteiger partial charge in [-0.25, -0.2) is 0 Å². The fourth-order valence-corrected chi connectivity index (χ4v) is 1.94. The van der Waals surface area contributed by atoms with Crippen LogP contribution in [0.2, 0.25) is 0 Å². The van der Waals surface area contributed by atoms with Crippen LogP contribution in [0.25, 0.3) is 0 Å². The van der Waals surface area contributed by atoms with Gasteiger partial charge in [-0.1, -0.05) is 6.07 Å². The number of carbonyl (C=O) groups excluding carboxylic acids is 1. The highest BCUT2D eigenvalue weighted by atomic mass is 16.6. The molecule has 1 aromatic carbocycles. The molecular formula is C14H21N3O4. The number of nitro groups is 1. The topological polar surface area (TPSA) is 107 Å². The lowest BCUT2D eigenvalue weighted by molar-refractivity contribution is -0.385. The minimum absolute atomic E-state index is 0.0321. The Labute approximate surface area is 123 Å². The predicted molar refractivity (Wildman–Crippen MR) is 79.2 cm³/mol. The van der Waals surface area contributed by atoms with Crippen molar-refractivity contribution in [1.29, 1.82) is 0 Å². The van der Waals surface area contributed by atoms with Crippen LogP contribution in [0.15, 0.2) is 18.2 Å². The van der Waals surface area contributed by atoms with Crippen LogP contribution in [0.1, 0.15) is 25.3 Å². The number of benzene rings is 1. The van der Waals surface area contributed by atoms with Crippen LogP contribution in [-0.4, -0.2) is 30.0 Å². The van der Waals surface area contributed by atoms with Crippen molar-refractivity contribution in [2.45, 2.75) is 32.2 Å². The molecule has 0 aliphatic carbocycles. The SMILES string of the molecule is CNC(C)(CCCOc1cccc([N+](=O)[O-])c1C)C(N)=O. The average Bonchev–Trinajstić information content (AvgIpc) is 2.44. The van der Waals surface area contributed by atoms with Crippen molar-refractivity contribution in [1.82, 2.24) is 5.32 Å². The minimum Gasteiger partial charge on any atom is -0.493 e. The summed E-state index contributed by atoms with van der Waals surface area (Å²) in [6, 6.07) is 4.71. The van der Waals surface area contributed by atoms with E-state index in [1.165, 1.54) is 6.07 Å². The largest absolute Gasteiger partial charge is 0.493 e. The maximum atomic E-state index is 11.3. The van der Waals surface area contributed by atoms with Gasteiger partial charge in [-0.15, -0.1) is 0 Å². The number of likely N-dealkylation sites (N-methyl/N-ethyl adjacent to an activating group) is 1. The molecule has 0 aromatic heterocycles. The molecule has 0 saturated carbocycles. The van der Waals surface area contributed by atoms with Crippen LogP contribution in [0.5, 0.6) is 5.75 Å². The van der Waals surface area contributed by atoms with E-state index in [0.29, 0.717) is 30.8 Å². The molecule has 0 aliphatic heterocycles. The third-order valence-electron chi connectivity index (χ3n) is 3.63. The van der Waals surface area contributed by atoms with Crippen LogP contribution in [-0.2, 0) is 4.79 Å². The van der Waals surface area contributed by atoms with E-state index >= 15 is 0 Å². The molecule has 1 unspecified atom stereocenters. The Morgan fingerprint density at radius 1 is 1.52 bits per heavy atom. The van der Waals surface area contributed by atoms with Crippen molar-refractivity contribution in [3.63, 3.8) is 0 Å². The molecule has 7 nitrogen and oxygen atoms in total. The Bertz CT molecular complexity index is 533. The average molecular weight is 295 g/mol. The second kappa shape index (κ2) is 7.03. The van der Waals surface area contributed by atoms with Crippen molar-refractivity contribution in [2.24, 2.45) is 5.73 Å². The van der Waals surface area contributed by atoms with Crippen LogP contribution in [0, 0.1) is 17.0 Å². The third-order valence-corrected chi connectivity index (χ3v) is 3.63. The highest BCUT2D eigenvalue weighted by Gasteiger charge is 2.28. The highest BCUT2D eigenvalue weighted by molar-refractivity contribution is 5.84. The molecule has 0 heterocycles. The van der Waals surface area contributed by atoms with Gasteiger partial charge >= 0.3 is 0 Å². The summed E-state index contributed by atoms with van der Waals surface area (Å²) >= 11 is 0. The fraction of sp³-hybridized carbons (Fsp3) is 0.500. The van der Waals surface area contributed by atoms with Crippen molar-refractivity contribution < 1.29 is 14.5 Å². The zero-order valence-corrected chi connectivity index (χ0v) is 12.5. The standard InChI is InChI=1S/C14H21N3O4/c1-10-11(17(19)20)6-4-7-12(10)21-9-5-8-14(2,16-3)13(15)18/h4,6-7,16H,5,8-9H2,1-3H3,(H2,15,18). The van der Waals surface area contributed by atoms with E-state index in [2.05, 4.69) is 5.32 Å². The normalized spacial score (nSPS) is 13.5. The lowest BCUT2D eigenvalue weighted by Crippen LogP contribution is -2.51. The molecule has 0 bridgehead atoms. The Hall–Kier alpha value is -2.15. The lowest BCUT2D eigenvalue weighted by atomic mass is 9.95. The first-order valence-corrected chi connectivity index (χ1v) is 6.67. The van der Waals surface area contributed by atoms with E-state index in [4.69, 9.17) is 10.5 Å². The Kier molecular flexibility index (Phi) is 5.66. The summed E-state index contributed by atoms with van der Waals surface area (Å²) in [5, 5.41) is 13.7. The summed E-state index contributed by atoms with van der Waals surface area (Å²) in [4.78, 5) is 21.7. The smallest absolute Gasteiger partial charge is 0.276 e. The van der Waals surface area contributed by atoms with Crippen molar-refractivity contribution >= 4 is 11.6 Å². The van der Waals surface area contributed by atoms with Crippen molar-refractivity contribution in [2.75, 3.05) is 13.7 Å². The quantitative estimate of drug-likeness (QED) is 0.429. The fourth-order valence-electron chi connectivity index (χ4n) is 1.94. The first kappa shape index (κ1) is 16.9. The van der Waals surface area contributed by atoms with Gasteiger partial charge in [-0.05, 0) is 39.8 Å². The monoisotopic (exact) mass is 295 g/mol. The summed E-state index contributed by atoms with van der Waals surface area (Å²) in [6.07, 6.45) is 1.12. The molecule has 1 aromatic rings. The van der Waals surface area contributed by atoms with Crippen LogP contribution in [0.3, 0.4) is 0 Å². The van der Waals surface area contributed by atoms with Crippen LogP contribution < -0.4 is 15.8 Å². The summed E-state index contributed by atoms with van der Waals surface area (Å²) in [5.41, 5.74) is 5.08. The number of nitrogens with zero attached hydrogens (tertiary/aromatic N) is 1. The number of nitrogens with one attached hydrogen (secondary N) is 1. The minimum atomic E-state index is -0.777. The van der Waals surface area contributed by atoms with Gasteiger partial charge in [-0.2, -0.15) is 0 Å². The second-order valence-corrected chi connectivity index (χ2v) is 5.06. The number of carbonyl (C=O) groups is 1. The molecule has 0 saturated heterocycles. The number of hydrogen-bond donors (Lipinski definition) is 2. The molecule has 116 valence electrons. The van der Waals surface area contributed by atoms with Crippen LogP contribution in [0.4, 0.5) is 5.69 Å².